The number of nitrogens with zero attached hydrogens (tertiary/aromatic N) is 1. The van der Waals surface area contributed by atoms with Crippen LogP contribution < -0.4 is 4.72 Å². The Morgan fingerprint density at radius 2 is 2.11 bits per heavy atom. The lowest BCUT2D eigenvalue weighted by atomic mass is 10.1. The Bertz CT molecular complexity index is 366. The van der Waals surface area contributed by atoms with Gasteiger partial charge in [0.05, 0.1) is 26.4 Å². The van der Waals surface area contributed by atoms with Crippen molar-refractivity contribution in [3.05, 3.63) is 0 Å². The van der Waals surface area contributed by atoms with Gasteiger partial charge in [0.1, 0.15) is 0 Å². The minimum atomic E-state index is -3.48. The molecule has 1 N–H and O–H groups in total. The highest BCUT2D eigenvalue weighted by Gasteiger charge is 2.43. The Kier molecular flexibility index (Phi) is 4.57. The summed E-state index contributed by atoms with van der Waals surface area (Å²) >= 11 is 0. The molecule has 8 heteroatoms. The van der Waals surface area contributed by atoms with E-state index in [4.69, 9.17) is 14.2 Å². The van der Waals surface area contributed by atoms with Crippen molar-refractivity contribution in [2.24, 2.45) is 0 Å². The fourth-order valence-electron chi connectivity index (χ4n) is 2.25. The molecule has 2 rings (SSSR count). The molecule has 0 amide bonds. The molecule has 0 saturated carbocycles. The minimum Gasteiger partial charge on any atom is -0.383 e. The summed E-state index contributed by atoms with van der Waals surface area (Å²) in [6.07, 6.45) is 1.49. The molecule has 0 unspecified atom stereocenters. The van der Waals surface area contributed by atoms with Crippen LogP contribution in [-0.4, -0.2) is 65.1 Å². The molecule has 0 aromatic carbocycles. The van der Waals surface area contributed by atoms with E-state index in [9.17, 15) is 8.42 Å². The molecule has 2 saturated heterocycles. The van der Waals surface area contributed by atoms with Crippen molar-refractivity contribution in [1.29, 1.82) is 0 Å². The summed E-state index contributed by atoms with van der Waals surface area (Å²) in [6, 6.07) is 0. The fraction of sp³-hybridized carbons (Fsp3) is 1.00. The predicted octanol–water partition coefficient (Wildman–Crippen LogP) is -0.694. The van der Waals surface area contributed by atoms with Gasteiger partial charge in [-0.1, -0.05) is 0 Å². The van der Waals surface area contributed by atoms with Gasteiger partial charge in [0.25, 0.3) is 10.2 Å². The second kappa shape index (κ2) is 5.81. The highest BCUT2D eigenvalue weighted by Crippen LogP contribution is 2.30. The number of methoxy groups -OCH3 is 1. The minimum absolute atomic E-state index is 0.259. The SMILES string of the molecule is COCCNS(=O)(=O)N1CCCC2(C1)OCCO2. The smallest absolute Gasteiger partial charge is 0.279 e. The van der Waals surface area contributed by atoms with Crippen molar-refractivity contribution < 1.29 is 22.6 Å². The van der Waals surface area contributed by atoms with Crippen LogP contribution in [0.4, 0.5) is 0 Å². The van der Waals surface area contributed by atoms with Gasteiger partial charge in [-0.2, -0.15) is 17.4 Å². The van der Waals surface area contributed by atoms with Crippen LogP contribution in [0, 0.1) is 0 Å². The van der Waals surface area contributed by atoms with Crippen LogP contribution in [0.25, 0.3) is 0 Å². The molecule has 2 fully saturated rings. The molecule has 0 radical (unpaired) electrons. The van der Waals surface area contributed by atoms with Gasteiger partial charge in [-0.05, 0) is 6.42 Å². The lowest BCUT2D eigenvalue weighted by Crippen LogP contribution is -2.54. The molecule has 0 bridgehead atoms. The van der Waals surface area contributed by atoms with Crippen molar-refractivity contribution in [3.8, 4) is 0 Å². The first-order valence-corrected chi connectivity index (χ1v) is 7.54. The van der Waals surface area contributed by atoms with Crippen LogP contribution in [0.1, 0.15) is 12.8 Å². The molecule has 2 heterocycles. The van der Waals surface area contributed by atoms with Gasteiger partial charge in [-0.25, -0.2) is 0 Å². The molecule has 1 spiro atoms. The molecule has 2 aliphatic rings. The maximum atomic E-state index is 12.0. The number of piperidine rings is 1. The quantitative estimate of drug-likeness (QED) is 0.674. The summed E-state index contributed by atoms with van der Waals surface area (Å²) in [5.74, 6) is -0.728. The van der Waals surface area contributed by atoms with Crippen LogP contribution in [0.5, 0.6) is 0 Å². The van der Waals surface area contributed by atoms with E-state index in [-0.39, 0.29) is 13.1 Å². The van der Waals surface area contributed by atoms with E-state index in [2.05, 4.69) is 4.72 Å². The third-order valence-electron chi connectivity index (χ3n) is 3.13. The number of hydrogen-bond acceptors (Lipinski definition) is 5. The van der Waals surface area contributed by atoms with Crippen molar-refractivity contribution in [1.82, 2.24) is 9.03 Å². The van der Waals surface area contributed by atoms with E-state index in [0.717, 1.165) is 12.8 Å². The predicted molar refractivity (Wildman–Crippen MR) is 64.2 cm³/mol. The molecule has 0 aromatic rings. The largest absolute Gasteiger partial charge is 0.383 e. The Hall–Kier alpha value is -0.250. The summed E-state index contributed by atoms with van der Waals surface area (Å²) < 4.78 is 43.9. The maximum absolute atomic E-state index is 12.0. The average molecular weight is 280 g/mol. The average Bonchev–Trinajstić information content (AvgIpc) is 2.77. The Balaban J connectivity index is 1.95. The van der Waals surface area contributed by atoms with Gasteiger partial charge in [0.2, 0.25) is 0 Å². The van der Waals surface area contributed by atoms with Crippen LogP contribution in [-0.2, 0) is 24.4 Å². The Labute approximate surface area is 108 Å². The Morgan fingerprint density at radius 3 is 2.78 bits per heavy atom. The molecule has 0 aromatic heterocycles. The van der Waals surface area contributed by atoms with Gasteiger partial charge < -0.3 is 14.2 Å². The summed E-state index contributed by atoms with van der Waals surface area (Å²) in [6.45, 7) is 2.44. The second-order valence-electron chi connectivity index (χ2n) is 4.44. The molecule has 7 nitrogen and oxygen atoms in total. The zero-order valence-electron chi connectivity index (χ0n) is 10.6. The molecule has 106 valence electrons. The van der Waals surface area contributed by atoms with Gasteiger partial charge >= 0.3 is 0 Å². The van der Waals surface area contributed by atoms with Gasteiger partial charge in [0, 0.05) is 26.6 Å². The third kappa shape index (κ3) is 3.19. The fourth-order valence-corrected chi connectivity index (χ4v) is 3.51. The summed E-state index contributed by atoms with van der Waals surface area (Å²) in [5.41, 5.74) is 0. The molecule has 2 aliphatic heterocycles. The molecule has 0 aliphatic carbocycles. The van der Waals surface area contributed by atoms with Gasteiger partial charge in [0.15, 0.2) is 5.79 Å². The van der Waals surface area contributed by atoms with Crippen molar-refractivity contribution >= 4 is 10.2 Å². The summed E-state index contributed by atoms with van der Waals surface area (Å²) in [5, 5.41) is 0. The van der Waals surface area contributed by atoms with E-state index in [1.54, 1.807) is 0 Å². The van der Waals surface area contributed by atoms with Crippen LogP contribution in [0.3, 0.4) is 0 Å². The highest BCUT2D eigenvalue weighted by atomic mass is 32.2. The number of hydrogen-bond donors (Lipinski definition) is 1. The van der Waals surface area contributed by atoms with Crippen molar-refractivity contribution in [2.45, 2.75) is 18.6 Å². The van der Waals surface area contributed by atoms with E-state index >= 15 is 0 Å². The van der Waals surface area contributed by atoms with Gasteiger partial charge in [-0.3, -0.25) is 0 Å². The van der Waals surface area contributed by atoms with Crippen LogP contribution in [0.15, 0.2) is 0 Å². The summed E-state index contributed by atoms with van der Waals surface area (Å²) in [4.78, 5) is 0. The Morgan fingerprint density at radius 1 is 1.39 bits per heavy atom. The number of ether oxygens (including phenoxy) is 3. The molecule has 0 atom stereocenters. The standard InChI is InChI=1S/C10H20N2O5S/c1-15-6-4-11-18(13,14)12-5-2-3-10(9-12)16-7-8-17-10/h11H,2-9H2,1H3. The lowest BCUT2D eigenvalue weighted by molar-refractivity contribution is -0.179. The normalized spacial score (nSPS) is 24.7. The van der Waals surface area contributed by atoms with Crippen molar-refractivity contribution in [2.75, 3.05) is 46.6 Å². The van der Waals surface area contributed by atoms with Crippen molar-refractivity contribution in [3.63, 3.8) is 0 Å². The first-order valence-electron chi connectivity index (χ1n) is 6.10. The maximum Gasteiger partial charge on any atom is 0.279 e. The molecular weight excluding hydrogens is 260 g/mol. The number of nitrogens with one attached hydrogen (secondary N) is 1. The third-order valence-corrected chi connectivity index (χ3v) is 4.69. The van der Waals surface area contributed by atoms with E-state index in [1.165, 1.54) is 11.4 Å². The first-order chi connectivity index (χ1) is 8.58. The van der Waals surface area contributed by atoms with E-state index in [0.29, 0.717) is 26.4 Å². The second-order valence-corrected chi connectivity index (χ2v) is 6.19. The first kappa shape index (κ1) is 14.2. The van der Waals surface area contributed by atoms with Crippen LogP contribution in [0.2, 0.25) is 0 Å². The molecular formula is C10H20N2O5S. The van der Waals surface area contributed by atoms with Crippen LogP contribution >= 0.6 is 0 Å². The topological polar surface area (TPSA) is 77.1 Å². The zero-order chi connectivity index (χ0) is 13.1. The van der Waals surface area contributed by atoms with Gasteiger partial charge in [-0.15, -0.1) is 0 Å². The molecule has 18 heavy (non-hydrogen) atoms. The number of rotatable bonds is 5. The monoisotopic (exact) mass is 280 g/mol. The summed E-state index contributed by atoms with van der Waals surface area (Å²) in [7, 11) is -1.94. The zero-order valence-corrected chi connectivity index (χ0v) is 11.4. The van der Waals surface area contributed by atoms with E-state index < -0.39 is 16.0 Å². The highest BCUT2D eigenvalue weighted by molar-refractivity contribution is 7.87. The lowest BCUT2D eigenvalue weighted by Gasteiger charge is -2.37. The van der Waals surface area contributed by atoms with E-state index in [1.807, 2.05) is 0 Å².